The van der Waals surface area contributed by atoms with Crippen molar-refractivity contribution in [1.29, 1.82) is 0 Å². The average molecular weight is 290 g/mol. The largest absolute Gasteiger partial charge is 0.486 e. The van der Waals surface area contributed by atoms with Gasteiger partial charge in [-0.2, -0.15) is 13.2 Å². The Hall–Kier alpha value is -1.47. The van der Waals surface area contributed by atoms with Crippen molar-refractivity contribution in [2.75, 3.05) is 26.4 Å². The SMILES string of the molecule is FC(F)(F)C(OCC1CO1)c1ccc2c(c1)OCCO2. The highest BCUT2D eigenvalue weighted by molar-refractivity contribution is 5.44. The van der Waals surface area contributed by atoms with Crippen LogP contribution < -0.4 is 9.47 Å². The van der Waals surface area contributed by atoms with Crippen LogP contribution in [-0.4, -0.2) is 38.7 Å². The van der Waals surface area contributed by atoms with Crippen molar-refractivity contribution in [2.45, 2.75) is 18.4 Å². The molecule has 3 rings (SSSR count). The minimum Gasteiger partial charge on any atom is -0.486 e. The number of ether oxygens (including phenoxy) is 4. The second kappa shape index (κ2) is 5.14. The van der Waals surface area contributed by atoms with Crippen molar-refractivity contribution < 1.29 is 32.1 Å². The maximum atomic E-state index is 13.1. The second-order valence-electron chi connectivity index (χ2n) is 4.61. The number of fused-ring (bicyclic) bond motifs is 1. The Balaban J connectivity index is 1.81. The van der Waals surface area contributed by atoms with Crippen molar-refractivity contribution in [3.05, 3.63) is 23.8 Å². The predicted octanol–water partition coefficient (Wildman–Crippen LogP) is 2.48. The quantitative estimate of drug-likeness (QED) is 0.799. The fourth-order valence-electron chi connectivity index (χ4n) is 1.97. The lowest BCUT2D eigenvalue weighted by Gasteiger charge is -2.23. The van der Waals surface area contributed by atoms with Gasteiger partial charge in [-0.05, 0) is 17.7 Å². The molecule has 1 aromatic rings. The fourth-order valence-corrected chi connectivity index (χ4v) is 1.97. The first-order valence-corrected chi connectivity index (χ1v) is 6.23. The lowest BCUT2D eigenvalue weighted by Crippen LogP contribution is -2.25. The molecule has 0 bridgehead atoms. The Kier molecular flexibility index (Phi) is 3.47. The van der Waals surface area contributed by atoms with E-state index in [2.05, 4.69) is 0 Å². The predicted molar refractivity (Wildman–Crippen MR) is 61.9 cm³/mol. The third-order valence-corrected chi connectivity index (χ3v) is 3.02. The molecule has 7 heteroatoms. The summed E-state index contributed by atoms with van der Waals surface area (Å²) in [6, 6.07) is 4.14. The van der Waals surface area contributed by atoms with Crippen molar-refractivity contribution in [1.82, 2.24) is 0 Å². The summed E-state index contributed by atoms with van der Waals surface area (Å²) < 4.78 is 59.6. The third kappa shape index (κ3) is 2.99. The molecule has 2 aliphatic heterocycles. The molecule has 0 spiro atoms. The molecule has 1 aromatic carbocycles. The van der Waals surface area contributed by atoms with Crippen LogP contribution >= 0.6 is 0 Å². The van der Waals surface area contributed by atoms with Gasteiger partial charge >= 0.3 is 6.18 Å². The van der Waals surface area contributed by atoms with Gasteiger partial charge in [0.1, 0.15) is 19.3 Å². The van der Waals surface area contributed by atoms with Gasteiger partial charge in [-0.25, -0.2) is 0 Å². The monoisotopic (exact) mass is 290 g/mol. The van der Waals surface area contributed by atoms with Crippen LogP contribution in [0.4, 0.5) is 13.2 Å². The summed E-state index contributed by atoms with van der Waals surface area (Å²) >= 11 is 0. The summed E-state index contributed by atoms with van der Waals surface area (Å²) in [4.78, 5) is 0. The van der Waals surface area contributed by atoms with Gasteiger partial charge in [0, 0.05) is 0 Å². The Bertz CT molecular complexity index is 485. The summed E-state index contributed by atoms with van der Waals surface area (Å²) in [6.07, 6.45) is -6.70. The molecule has 0 N–H and O–H groups in total. The molecule has 1 fully saturated rings. The number of halogens is 3. The molecule has 2 heterocycles. The van der Waals surface area contributed by atoms with Crippen LogP contribution in [-0.2, 0) is 9.47 Å². The van der Waals surface area contributed by atoms with Crippen LogP contribution in [0.2, 0.25) is 0 Å². The number of alkyl halides is 3. The molecule has 0 amide bonds. The second-order valence-corrected chi connectivity index (χ2v) is 4.61. The molecule has 1 saturated heterocycles. The Morgan fingerprint density at radius 1 is 1.20 bits per heavy atom. The zero-order valence-electron chi connectivity index (χ0n) is 10.5. The van der Waals surface area contributed by atoms with Gasteiger partial charge < -0.3 is 18.9 Å². The van der Waals surface area contributed by atoms with Crippen LogP contribution in [0.1, 0.15) is 11.7 Å². The third-order valence-electron chi connectivity index (χ3n) is 3.02. The van der Waals surface area contributed by atoms with Crippen LogP contribution in [0.3, 0.4) is 0 Å². The van der Waals surface area contributed by atoms with Gasteiger partial charge in [-0.3, -0.25) is 0 Å². The highest BCUT2D eigenvalue weighted by Gasteiger charge is 2.43. The molecule has 0 aromatic heterocycles. The number of epoxide rings is 1. The maximum Gasteiger partial charge on any atom is 0.418 e. The molecule has 20 heavy (non-hydrogen) atoms. The molecule has 110 valence electrons. The molecule has 2 atom stereocenters. The molecular formula is C13H13F3O4. The summed E-state index contributed by atoms with van der Waals surface area (Å²) in [5.74, 6) is 0.765. The van der Waals surface area contributed by atoms with Crippen LogP contribution in [0.25, 0.3) is 0 Å². The highest BCUT2D eigenvalue weighted by atomic mass is 19.4. The Morgan fingerprint density at radius 3 is 2.55 bits per heavy atom. The van der Waals surface area contributed by atoms with Crippen LogP contribution in [0, 0.1) is 0 Å². The van der Waals surface area contributed by atoms with Crippen molar-refractivity contribution >= 4 is 0 Å². The van der Waals surface area contributed by atoms with Gasteiger partial charge in [-0.1, -0.05) is 6.07 Å². The van der Waals surface area contributed by atoms with Crippen molar-refractivity contribution in [2.24, 2.45) is 0 Å². The zero-order valence-corrected chi connectivity index (χ0v) is 10.5. The first-order valence-electron chi connectivity index (χ1n) is 6.23. The van der Waals surface area contributed by atoms with Crippen LogP contribution in [0.15, 0.2) is 18.2 Å². The minimum absolute atomic E-state index is 0.00222. The molecule has 0 saturated carbocycles. The summed E-state index contributed by atoms with van der Waals surface area (Å²) in [7, 11) is 0. The lowest BCUT2D eigenvalue weighted by atomic mass is 10.1. The summed E-state index contributed by atoms with van der Waals surface area (Å²) in [5.41, 5.74) is 0.00222. The van der Waals surface area contributed by atoms with E-state index in [0.717, 1.165) is 0 Å². The topological polar surface area (TPSA) is 40.2 Å². The molecule has 2 unspecified atom stereocenters. The summed E-state index contributed by atoms with van der Waals surface area (Å²) in [5, 5.41) is 0. The zero-order chi connectivity index (χ0) is 14.2. The van der Waals surface area contributed by atoms with E-state index in [-0.39, 0.29) is 18.3 Å². The Morgan fingerprint density at radius 2 is 1.90 bits per heavy atom. The van der Waals surface area contributed by atoms with E-state index in [1.165, 1.54) is 18.2 Å². The number of rotatable bonds is 4. The van der Waals surface area contributed by atoms with E-state index in [0.29, 0.717) is 31.3 Å². The smallest absolute Gasteiger partial charge is 0.418 e. The average Bonchev–Trinajstić information content (AvgIpc) is 3.21. The minimum atomic E-state index is -4.49. The van der Waals surface area contributed by atoms with Crippen molar-refractivity contribution in [3.63, 3.8) is 0 Å². The molecule has 0 radical (unpaired) electrons. The molecule has 4 nitrogen and oxygen atoms in total. The number of hydrogen-bond acceptors (Lipinski definition) is 4. The van der Waals surface area contributed by atoms with E-state index < -0.39 is 12.3 Å². The normalized spacial score (nSPS) is 22.4. The van der Waals surface area contributed by atoms with E-state index in [1.807, 2.05) is 0 Å². The van der Waals surface area contributed by atoms with Crippen LogP contribution in [0.5, 0.6) is 11.5 Å². The lowest BCUT2D eigenvalue weighted by molar-refractivity contribution is -0.224. The fraction of sp³-hybridized carbons (Fsp3) is 0.538. The van der Waals surface area contributed by atoms with Gasteiger partial charge in [-0.15, -0.1) is 0 Å². The summed E-state index contributed by atoms with van der Waals surface area (Å²) in [6.45, 7) is 1.10. The maximum absolute atomic E-state index is 13.1. The van der Waals surface area contributed by atoms with Gasteiger partial charge in [0.05, 0.1) is 13.2 Å². The highest BCUT2D eigenvalue weighted by Crippen LogP contribution is 2.40. The van der Waals surface area contributed by atoms with E-state index in [1.54, 1.807) is 0 Å². The first-order chi connectivity index (χ1) is 9.54. The first kappa shape index (κ1) is 13.5. The Labute approximate surface area is 113 Å². The van der Waals surface area contributed by atoms with E-state index in [9.17, 15) is 13.2 Å². The standard InChI is InChI=1S/C13H13F3O4/c14-13(15,16)12(20-7-9-6-19-9)8-1-2-10-11(5-8)18-4-3-17-10/h1-2,5,9,12H,3-4,6-7H2. The number of hydrogen-bond donors (Lipinski definition) is 0. The van der Waals surface area contributed by atoms with E-state index in [4.69, 9.17) is 18.9 Å². The van der Waals surface area contributed by atoms with Crippen molar-refractivity contribution in [3.8, 4) is 11.5 Å². The molecule has 2 aliphatic rings. The van der Waals surface area contributed by atoms with Gasteiger partial charge in [0.15, 0.2) is 17.6 Å². The van der Waals surface area contributed by atoms with E-state index >= 15 is 0 Å². The van der Waals surface area contributed by atoms with Gasteiger partial charge in [0.25, 0.3) is 0 Å². The molecular weight excluding hydrogens is 277 g/mol. The number of benzene rings is 1. The molecule has 0 aliphatic carbocycles. The van der Waals surface area contributed by atoms with Gasteiger partial charge in [0.2, 0.25) is 0 Å².